The van der Waals surface area contributed by atoms with Crippen molar-refractivity contribution in [2.45, 2.75) is 6.92 Å². The Labute approximate surface area is 89.0 Å². The SMILES string of the molecule is CCNc1cccc(-c2nccn2C)n1. The number of rotatable bonds is 3. The zero-order valence-electron chi connectivity index (χ0n) is 8.94. The van der Waals surface area contributed by atoms with E-state index >= 15 is 0 Å². The van der Waals surface area contributed by atoms with Gasteiger partial charge in [-0.1, -0.05) is 6.07 Å². The average molecular weight is 202 g/mol. The van der Waals surface area contributed by atoms with Crippen molar-refractivity contribution in [3.8, 4) is 11.5 Å². The van der Waals surface area contributed by atoms with Crippen LogP contribution in [0, 0.1) is 0 Å². The van der Waals surface area contributed by atoms with Crippen LogP contribution in [0.5, 0.6) is 0 Å². The molecule has 0 unspecified atom stereocenters. The van der Waals surface area contributed by atoms with Crippen molar-refractivity contribution >= 4 is 5.82 Å². The molecule has 78 valence electrons. The second kappa shape index (κ2) is 4.13. The first-order valence-corrected chi connectivity index (χ1v) is 5.00. The number of anilines is 1. The first-order valence-electron chi connectivity index (χ1n) is 5.00. The highest BCUT2D eigenvalue weighted by Gasteiger charge is 2.04. The molecule has 0 atom stereocenters. The van der Waals surface area contributed by atoms with E-state index in [1.165, 1.54) is 0 Å². The summed E-state index contributed by atoms with van der Waals surface area (Å²) >= 11 is 0. The van der Waals surface area contributed by atoms with Crippen molar-refractivity contribution in [3.05, 3.63) is 30.6 Å². The van der Waals surface area contributed by atoms with Crippen LogP contribution in [0.2, 0.25) is 0 Å². The minimum atomic E-state index is 0.872. The summed E-state index contributed by atoms with van der Waals surface area (Å²) in [5.74, 6) is 1.77. The van der Waals surface area contributed by atoms with Gasteiger partial charge >= 0.3 is 0 Å². The molecule has 0 aliphatic carbocycles. The van der Waals surface area contributed by atoms with E-state index in [0.29, 0.717) is 0 Å². The average Bonchev–Trinajstić information content (AvgIpc) is 2.65. The molecule has 15 heavy (non-hydrogen) atoms. The van der Waals surface area contributed by atoms with Gasteiger partial charge in [0.1, 0.15) is 11.5 Å². The van der Waals surface area contributed by atoms with Crippen molar-refractivity contribution in [1.29, 1.82) is 0 Å². The lowest BCUT2D eigenvalue weighted by molar-refractivity contribution is 0.917. The summed E-state index contributed by atoms with van der Waals surface area (Å²) in [7, 11) is 1.96. The molecule has 0 radical (unpaired) electrons. The van der Waals surface area contributed by atoms with E-state index < -0.39 is 0 Å². The van der Waals surface area contributed by atoms with Crippen molar-refractivity contribution in [2.24, 2.45) is 7.05 Å². The number of pyridine rings is 1. The number of aryl methyl sites for hydroxylation is 1. The number of nitrogens with zero attached hydrogens (tertiary/aromatic N) is 3. The molecule has 0 saturated heterocycles. The highest BCUT2D eigenvalue weighted by atomic mass is 15.1. The molecular formula is C11H14N4. The molecule has 0 spiro atoms. The van der Waals surface area contributed by atoms with Crippen molar-refractivity contribution in [2.75, 3.05) is 11.9 Å². The van der Waals surface area contributed by atoms with Crippen LogP contribution in [-0.2, 0) is 7.05 Å². The Kier molecular flexibility index (Phi) is 2.67. The number of hydrogen-bond acceptors (Lipinski definition) is 3. The molecule has 0 aliphatic rings. The number of hydrogen-bond donors (Lipinski definition) is 1. The quantitative estimate of drug-likeness (QED) is 0.826. The maximum Gasteiger partial charge on any atom is 0.158 e. The van der Waals surface area contributed by atoms with E-state index in [2.05, 4.69) is 22.2 Å². The van der Waals surface area contributed by atoms with E-state index in [-0.39, 0.29) is 0 Å². The third kappa shape index (κ3) is 1.98. The largest absolute Gasteiger partial charge is 0.370 e. The van der Waals surface area contributed by atoms with Gasteiger partial charge in [-0.2, -0.15) is 0 Å². The molecular weight excluding hydrogens is 188 g/mol. The van der Waals surface area contributed by atoms with Gasteiger partial charge in [0.2, 0.25) is 0 Å². The third-order valence-corrected chi connectivity index (χ3v) is 2.16. The van der Waals surface area contributed by atoms with Crippen LogP contribution < -0.4 is 5.32 Å². The van der Waals surface area contributed by atoms with E-state index in [1.54, 1.807) is 6.20 Å². The van der Waals surface area contributed by atoms with E-state index in [9.17, 15) is 0 Å². The van der Waals surface area contributed by atoms with Crippen LogP contribution in [0.1, 0.15) is 6.92 Å². The van der Waals surface area contributed by atoms with Crippen LogP contribution in [0.25, 0.3) is 11.5 Å². The first-order chi connectivity index (χ1) is 7.31. The Balaban J connectivity index is 2.37. The molecule has 2 aromatic heterocycles. The molecule has 2 heterocycles. The standard InChI is InChI=1S/C11H14N4/c1-3-12-10-6-4-5-9(14-10)11-13-7-8-15(11)2/h4-8H,3H2,1-2H3,(H,12,14). The zero-order chi connectivity index (χ0) is 10.7. The summed E-state index contributed by atoms with van der Waals surface area (Å²) in [6.45, 7) is 2.92. The molecule has 0 amide bonds. The second-order valence-electron chi connectivity index (χ2n) is 3.30. The Bertz CT molecular complexity index is 447. The fourth-order valence-electron chi connectivity index (χ4n) is 1.45. The van der Waals surface area contributed by atoms with Crippen LogP contribution in [-0.4, -0.2) is 21.1 Å². The van der Waals surface area contributed by atoms with Crippen molar-refractivity contribution in [3.63, 3.8) is 0 Å². The van der Waals surface area contributed by atoms with Gasteiger partial charge < -0.3 is 9.88 Å². The lowest BCUT2D eigenvalue weighted by Gasteiger charge is -2.05. The minimum absolute atomic E-state index is 0.872. The van der Waals surface area contributed by atoms with Crippen molar-refractivity contribution in [1.82, 2.24) is 14.5 Å². The molecule has 1 N–H and O–H groups in total. The van der Waals surface area contributed by atoms with Gasteiger partial charge in [-0.3, -0.25) is 0 Å². The van der Waals surface area contributed by atoms with Crippen LogP contribution in [0.4, 0.5) is 5.82 Å². The fourth-order valence-corrected chi connectivity index (χ4v) is 1.45. The highest BCUT2D eigenvalue weighted by molar-refractivity contribution is 5.53. The van der Waals surface area contributed by atoms with Crippen LogP contribution in [0.3, 0.4) is 0 Å². The summed E-state index contributed by atoms with van der Waals surface area (Å²) in [5.41, 5.74) is 0.890. The minimum Gasteiger partial charge on any atom is -0.370 e. The van der Waals surface area contributed by atoms with Gasteiger partial charge in [-0.25, -0.2) is 9.97 Å². The predicted molar refractivity (Wildman–Crippen MR) is 60.6 cm³/mol. The lowest BCUT2D eigenvalue weighted by atomic mass is 10.3. The second-order valence-corrected chi connectivity index (χ2v) is 3.30. The number of nitrogens with one attached hydrogen (secondary N) is 1. The predicted octanol–water partition coefficient (Wildman–Crippen LogP) is 1.91. The Morgan fingerprint density at radius 3 is 2.93 bits per heavy atom. The number of aromatic nitrogens is 3. The molecule has 0 saturated carbocycles. The molecule has 0 fully saturated rings. The Morgan fingerprint density at radius 2 is 2.27 bits per heavy atom. The summed E-state index contributed by atoms with van der Waals surface area (Å²) < 4.78 is 1.96. The first kappa shape index (κ1) is 9.71. The molecule has 4 nitrogen and oxygen atoms in total. The topological polar surface area (TPSA) is 42.7 Å². The molecule has 0 aliphatic heterocycles. The molecule has 2 aromatic rings. The van der Waals surface area contributed by atoms with Crippen LogP contribution >= 0.6 is 0 Å². The fraction of sp³-hybridized carbons (Fsp3) is 0.273. The van der Waals surface area contributed by atoms with E-state index in [1.807, 2.05) is 36.0 Å². The zero-order valence-corrected chi connectivity index (χ0v) is 8.94. The summed E-state index contributed by atoms with van der Waals surface area (Å²) in [6, 6.07) is 5.90. The maximum atomic E-state index is 4.47. The van der Waals surface area contributed by atoms with E-state index in [0.717, 1.165) is 23.9 Å². The summed E-state index contributed by atoms with van der Waals surface area (Å²) in [5, 5.41) is 3.18. The molecule has 2 rings (SSSR count). The van der Waals surface area contributed by atoms with Crippen molar-refractivity contribution < 1.29 is 0 Å². The van der Waals surface area contributed by atoms with E-state index in [4.69, 9.17) is 0 Å². The van der Waals surface area contributed by atoms with Gasteiger partial charge in [0.05, 0.1) is 0 Å². The smallest absolute Gasteiger partial charge is 0.158 e. The maximum absolute atomic E-state index is 4.47. The highest BCUT2D eigenvalue weighted by Crippen LogP contribution is 2.15. The summed E-state index contributed by atoms with van der Waals surface area (Å²) in [4.78, 5) is 8.73. The number of imidazole rings is 1. The molecule has 4 heteroatoms. The summed E-state index contributed by atoms with van der Waals surface area (Å²) in [6.07, 6.45) is 3.69. The van der Waals surface area contributed by atoms with Gasteiger partial charge in [0, 0.05) is 26.0 Å². The monoisotopic (exact) mass is 202 g/mol. The van der Waals surface area contributed by atoms with Gasteiger partial charge in [-0.05, 0) is 19.1 Å². The van der Waals surface area contributed by atoms with Gasteiger partial charge in [-0.15, -0.1) is 0 Å². The molecule has 0 bridgehead atoms. The lowest BCUT2D eigenvalue weighted by Crippen LogP contribution is -2.01. The van der Waals surface area contributed by atoms with Gasteiger partial charge in [0.15, 0.2) is 5.82 Å². The normalized spacial score (nSPS) is 10.3. The van der Waals surface area contributed by atoms with Gasteiger partial charge in [0.25, 0.3) is 0 Å². The van der Waals surface area contributed by atoms with Crippen LogP contribution in [0.15, 0.2) is 30.6 Å². The molecule has 0 aromatic carbocycles. The Morgan fingerprint density at radius 1 is 1.40 bits per heavy atom. The Hall–Kier alpha value is -1.84. The third-order valence-electron chi connectivity index (χ3n) is 2.16.